The molecular formula is C22H23NO3. The molecule has 4 heteroatoms. The van der Waals surface area contributed by atoms with Crippen LogP contribution in [-0.4, -0.2) is 18.6 Å². The maximum Gasteiger partial charge on any atom is 0.261 e. The second-order valence-electron chi connectivity index (χ2n) is 6.00. The van der Waals surface area contributed by atoms with Crippen LogP contribution in [0.4, 0.5) is 0 Å². The zero-order chi connectivity index (χ0) is 18.4. The second kappa shape index (κ2) is 8.39. The first-order valence-electron chi connectivity index (χ1n) is 8.82. The van der Waals surface area contributed by atoms with Gasteiger partial charge in [0, 0.05) is 17.5 Å². The predicted molar refractivity (Wildman–Crippen MR) is 103 cm³/mol. The van der Waals surface area contributed by atoms with Gasteiger partial charge in [-0.2, -0.15) is 0 Å². The van der Waals surface area contributed by atoms with Gasteiger partial charge >= 0.3 is 0 Å². The molecule has 0 saturated carbocycles. The van der Waals surface area contributed by atoms with Gasteiger partial charge in [-0.15, -0.1) is 0 Å². The second-order valence-corrected chi connectivity index (χ2v) is 6.00. The molecule has 3 aromatic carbocycles. The summed E-state index contributed by atoms with van der Waals surface area (Å²) < 4.78 is 11.5. The summed E-state index contributed by atoms with van der Waals surface area (Å²) in [6.07, 6.45) is -0.597. The van der Waals surface area contributed by atoms with E-state index in [2.05, 4.69) is 5.32 Å². The highest BCUT2D eigenvalue weighted by atomic mass is 16.5. The molecule has 0 saturated heterocycles. The fraction of sp³-hybridized carbons (Fsp3) is 0.227. The quantitative estimate of drug-likeness (QED) is 0.691. The molecule has 1 amide bonds. The molecule has 0 aliphatic carbocycles. The van der Waals surface area contributed by atoms with E-state index < -0.39 is 6.10 Å². The van der Waals surface area contributed by atoms with Gasteiger partial charge in [0.15, 0.2) is 6.10 Å². The lowest BCUT2D eigenvalue weighted by atomic mass is 10.1. The van der Waals surface area contributed by atoms with Crippen LogP contribution in [0.5, 0.6) is 11.5 Å². The molecule has 1 atom stereocenters. The molecule has 0 fully saturated rings. The van der Waals surface area contributed by atoms with Crippen LogP contribution in [0.2, 0.25) is 0 Å². The lowest BCUT2D eigenvalue weighted by Crippen LogP contribution is -2.36. The molecule has 3 rings (SSSR count). The first-order valence-corrected chi connectivity index (χ1v) is 8.82. The Balaban J connectivity index is 1.65. The van der Waals surface area contributed by atoms with Crippen molar-refractivity contribution in [1.29, 1.82) is 0 Å². The number of para-hydroxylation sites is 1. The Hall–Kier alpha value is -3.01. The van der Waals surface area contributed by atoms with E-state index in [1.807, 2.05) is 73.7 Å². The minimum Gasteiger partial charge on any atom is -0.494 e. The molecule has 0 aliphatic rings. The van der Waals surface area contributed by atoms with Gasteiger partial charge in [0.05, 0.1) is 6.61 Å². The SMILES string of the molecule is CCOc1ccccc1CNC(=O)C(C)Oc1cccc2ccccc12. The highest BCUT2D eigenvalue weighted by Crippen LogP contribution is 2.26. The van der Waals surface area contributed by atoms with Crippen LogP contribution in [0.25, 0.3) is 10.8 Å². The zero-order valence-electron chi connectivity index (χ0n) is 15.1. The minimum atomic E-state index is -0.597. The van der Waals surface area contributed by atoms with Gasteiger partial charge in [0.2, 0.25) is 0 Å². The van der Waals surface area contributed by atoms with Crippen LogP contribution in [-0.2, 0) is 11.3 Å². The number of nitrogens with one attached hydrogen (secondary N) is 1. The average Bonchev–Trinajstić information content (AvgIpc) is 2.67. The van der Waals surface area contributed by atoms with Gasteiger partial charge in [-0.3, -0.25) is 4.79 Å². The number of fused-ring (bicyclic) bond motifs is 1. The molecule has 1 N–H and O–H groups in total. The third kappa shape index (κ3) is 4.14. The highest BCUT2D eigenvalue weighted by Gasteiger charge is 2.16. The third-order valence-corrected chi connectivity index (χ3v) is 4.15. The van der Waals surface area contributed by atoms with Crippen LogP contribution in [0, 0.1) is 0 Å². The number of carbonyl (C=O) groups excluding carboxylic acids is 1. The number of benzene rings is 3. The smallest absolute Gasteiger partial charge is 0.261 e. The van der Waals surface area contributed by atoms with Crippen molar-refractivity contribution < 1.29 is 14.3 Å². The molecule has 134 valence electrons. The number of carbonyl (C=O) groups is 1. The number of hydrogen-bond acceptors (Lipinski definition) is 3. The summed E-state index contributed by atoms with van der Waals surface area (Å²) in [4.78, 5) is 12.4. The summed E-state index contributed by atoms with van der Waals surface area (Å²) >= 11 is 0. The highest BCUT2D eigenvalue weighted by molar-refractivity contribution is 5.89. The Kier molecular flexibility index (Phi) is 5.74. The van der Waals surface area contributed by atoms with Crippen LogP contribution in [0.1, 0.15) is 19.4 Å². The van der Waals surface area contributed by atoms with Crippen LogP contribution >= 0.6 is 0 Å². The maximum atomic E-state index is 12.4. The van der Waals surface area contributed by atoms with Crippen molar-refractivity contribution in [2.75, 3.05) is 6.61 Å². The number of ether oxygens (including phenoxy) is 2. The lowest BCUT2D eigenvalue weighted by Gasteiger charge is -2.17. The molecule has 4 nitrogen and oxygen atoms in total. The van der Waals surface area contributed by atoms with E-state index in [9.17, 15) is 4.79 Å². The van der Waals surface area contributed by atoms with Crippen molar-refractivity contribution in [1.82, 2.24) is 5.32 Å². The first kappa shape index (κ1) is 17.8. The molecule has 0 aliphatic heterocycles. The molecular weight excluding hydrogens is 326 g/mol. The van der Waals surface area contributed by atoms with Gasteiger partial charge in [-0.1, -0.05) is 54.6 Å². The van der Waals surface area contributed by atoms with Gasteiger partial charge in [-0.05, 0) is 31.4 Å². The molecule has 26 heavy (non-hydrogen) atoms. The zero-order valence-corrected chi connectivity index (χ0v) is 15.1. The van der Waals surface area contributed by atoms with Gasteiger partial charge < -0.3 is 14.8 Å². The normalized spacial score (nSPS) is 11.8. The molecule has 1 unspecified atom stereocenters. The van der Waals surface area contributed by atoms with Crippen LogP contribution < -0.4 is 14.8 Å². The summed E-state index contributed by atoms with van der Waals surface area (Å²) in [5.41, 5.74) is 0.945. The van der Waals surface area contributed by atoms with Gasteiger partial charge in [-0.25, -0.2) is 0 Å². The Bertz CT molecular complexity index is 886. The monoisotopic (exact) mass is 349 g/mol. The summed E-state index contributed by atoms with van der Waals surface area (Å²) in [5.74, 6) is 1.34. The van der Waals surface area contributed by atoms with E-state index in [0.717, 1.165) is 22.1 Å². The number of rotatable bonds is 7. The van der Waals surface area contributed by atoms with E-state index >= 15 is 0 Å². The molecule has 0 spiro atoms. The van der Waals surface area contributed by atoms with Crippen LogP contribution in [0.3, 0.4) is 0 Å². The van der Waals surface area contributed by atoms with Crippen molar-refractivity contribution in [2.45, 2.75) is 26.5 Å². The third-order valence-electron chi connectivity index (χ3n) is 4.15. The first-order chi connectivity index (χ1) is 12.7. The van der Waals surface area contributed by atoms with E-state index in [1.54, 1.807) is 6.92 Å². The van der Waals surface area contributed by atoms with Crippen molar-refractivity contribution in [3.05, 3.63) is 72.3 Å². The van der Waals surface area contributed by atoms with E-state index in [-0.39, 0.29) is 5.91 Å². The van der Waals surface area contributed by atoms with Crippen molar-refractivity contribution >= 4 is 16.7 Å². The standard InChI is InChI=1S/C22H23NO3/c1-3-25-20-13-7-5-10-18(20)15-23-22(24)16(2)26-21-14-8-11-17-9-4-6-12-19(17)21/h4-14,16H,3,15H2,1-2H3,(H,23,24). The van der Waals surface area contributed by atoms with Gasteiger partial charge in [0.25, 0.3) is 5.91 Å². The Labute approximate surface area is 153 Å². The predicted octanol–water partition coefficient (Wildman–Crippen LogP) is 4.32. The van der Waals surface area contributed by atoms with E-state index in [4.69, 9.17) is 9.47 Å². The molecule has 0 radical (unpaired) electrons. The molecule has 3 aromatic rings. The number of amides is 1. The Morgan fingerprint density at radius 3 is 2.50 bits per heavy atom. The number of hydrogen-bond donors (Lipinski definition) is 1. The van der Waals surface area contributed by atoms with Crippen LogP contribution in [0.15, 0.2) is 66.7 Å². The summed E-state index contributed by atoms with van der Waals surface area (Å²) in [6, 6.07) is 21.5. The molecule has 0 bridgehead atoms. The fourth-order valence-corrected chi connectivity index (χ4v) is 2.81. The fourth-order valence-electron chi connectivity index (χ4n) is 2.81. The van der Waals surface area contributed by atoms with E-state index in [0.29, 0.717) is 18.9 Å². The molecule has 0 heterocycles. The van der Waals surface area contributed by atoms with E-state index in [1.165, 1.54) is 0 Å². The summed E-state index contributed by atoms with van der Waals surface area (Å²) in [7, 11) is 0. The topological polar surface area (TPSA) is 47.6 Å². The largest absolute Gasteiger partial charge is 0.494 e. The van der Waals surface area contributed by atoms with Crippen molar-refractivity contribution in [3.8, 4) is 11.5 Å². The van der Waals surface area contributed by atoms with Crippen molar-refractivity contribution in [3.63, 3.8) is 0 Å². The Morgan fingerprint density at radius 2 is 1.65 bits per heavy atom. The minimum absolute atomic E-state index is 0.163. The maximum absolute atomic E-state index is 12.4. The summed E-state index contributed by atoms with van der Waals surface area (Å²) in [6.45, 7) is 4.69. The lowest BCUT2D eigenvalue weighted by molar-refractivity contribution is -0.127. The Morgan fingerprint density at radius 1 is 0.962 bits per heavy atom. The average molecular weight is 349 g/mol. The molecule has 0 aromatic heterocycles. The summed E-state index contributed by atoms with van der Waals surface area (Å²) in [5, 5.41) is 5.00. The van der Waals surface area contributed by atoms with Gasteiger partial charge in [0.1, 0.15) is 11.5 Å². The van der Waals surface area contributed by atoms with Crippen molar-refractivity contribution in [2.24, 2.45) is 0 Å².